The van der Waals surface area contributed by atoms with Crippen molar-refractivity contribution in [2.75, 3.05) is 27.3 Å². The van der Waals surface area contributed by atoms with Crippen molar-refractivity contribution in [1.82, 2.24) is 4.90 Å². The molecule has 0 radical (unpaired) electrons. The quantitative estimate of drug-likeness (QED) is 0.810. The Morgan fingerprint density at radius 2 is 1.80 bits per heavy atom. The average Bonchev–Trinajstić information content (AvgIpc) is 2.66. The highest BCUT2D eigenvalue weighted by Crippen LogP contribution is 2.21. The molecule has 1 atom stereocenters. The Morgan fingerprint density at radius 3 is 2.52 bits per heavy atom. The van der Waals surface area contributed by atoms with Crippen LogP contribution in [0.1, 0.15) is 11.1 Å². The van der Waals surface area contributed by atoms with E-state index < -0.39 is 0 Å². The van der Waals surface area contributed by atoms with Crippen LogP contribution >= 0.6 is 0 Å². The summed E-state index contributed by atoms with van der Waals surface area (Å²) in [7, 11) is 3.39. The Hall–Kier alpha value is -2.53. The minimum atomic E-state index is -0.0710. The highest BCUT2D eigenvalue weighted by atomic mass is 16.5. The van der Waals surface area contributed by atoms with Gasteiger partial charge in [0.05, 0.1) is 19.8 Å². The molecule has 25 heavy (non-hydrogen) atoms. The van der Waals surface area contributed by atoms with Gasteiger partial charge in [0.2, 0.25) is 0 Å². The predicted octanol–water partition coefficient (Wildman–Crippen LogP) is 2.67. The first-order valence-electron chi connectivity index (χ1n) is 8.35. The van der Waals surface area contributed by atoms with Crippen LogP contribution in [0.4, 0.5) is 0 Å². The third kappa shape index (κ3) is 4.51. The summed E-state index contributed by atoms with van der Waals surface area (Å²) in [6.07, 6.45) is 0.845. The maximum atomic E-state index is 12.3. The number of benzene rings is 2. The van der Waals surface area contributed by atoms with Gasteiger partial charge >= 0.3 is 0 Å². The molecule has 0 saturated heterocycles. The van der Waals surface area contributed by atoms with Crippen LogP contribution in [0.5, 0.6) is 11.5 Å². The first-order valence-corrected chi connectivity index (χ1v) is 8.35. The van der Waals surface area contributed by atoms with Gasteiger partial charge in [-0.25, -0.2) is 0 Å². The number of fused-ring (bicyclic) bond motifs is 1. The van der Waals surface area contributed by atoms with Gasteiger partial charge in [0.15, 0.2) is 6.61 Å². The van der Waals surface area contributed by atoms with Crippen molar-refractivity contribution in [3.8, 4) is 11.5 Å². The van der Waals surface area contributed by atoms with Gasteiger partial charge < -0.3 is 19.1 Å². The van der Waals surface area contributed by atoms with Crippen LogP contribution in [0, 0.1) is 0 Å². The molecule has 0 fully saturated rings. The van der Waals surface area contributed by atoms with E-state index in [-0.39, 0.29) is 18.6 Å². The Labute approximate surface area is 148 Å². The molecule has 0 saturated carbocycles. The topological polar surface area (TPSA) is 48.0 Å². The molecule has 0 bridgehead atoms. The van der Waals surface area contributed by atoms with Crippen molar-refractivity contribution < 1.29 is 19.0 Å². The van der Waals surface area contributed by atoms with Crippen LogP contribution in [-0.2, 0) is 22.6 Å². The maximum absolute atomic E-state index is 12.3. The molecule has 1 unspecified atom stereocenters. The Bertz CT molecular complexity index is 714. The molecule has 0 spiro atoms. The molecular weight excluding hydrogens is 318 g/mol. The molecular formula is C20H23NO4. The minimum absolute atomic E-state index is 0.00609. The molecule has 1 amide bonds. The average molecular weight is 341 g/mol. The number of ether oxygens (including phenoxy) is 3. The van der Waals surface area contributed by atoms with Gasteiger partial charge in [0.1, 0.15) is 11.5 Å². The summed E-state index contributed by atoms with van der Waals surface area (Å²) in [6.45, 7) is 1.16. The molecule has 3 rings (SSSR count). The van der Waals surface area contributed by atoms with Gasteiger partial charge in [-0.05, 0) is 35.4 Å². The number of carbonyl (C=O) groups excluding carboxylic acids is 1. The highest BCUT2D eigenvalue weighted by Gasteiger charge is 2.22. The fourth-order valence-corrected chi connectivity index (χ4v) is 2.86. The van der Waals surface area contributed by atoms with Crippen LogP contribution in [0.25, 0.3) is 0 Å². The first kappa shape index (κ1) is 17.3. The number of amides is 1. The van der Waals surface area contributed by atoms with E-state index in [4.69, 9.17) is 14.2 Å². The van der Waals surface area contributed by atoms with E-state index in [1.807, 2.05) is 12.1 Å². The van der Waals surface area contributed by atoms with E-state index in [1.165, 1.54) is 11.1 Å². The lowest BCUT2D eigenvalue weighted by atomic mass is 9.99. The summed E-state index contributed by atoms with van der Waals surface area (Å²) in [5.74, 6) is 1.33. The summed E-state index contributed by atoms with van der Waals surface area (Å²) in [4.78, 5) is 13.9. The first-order chi connectivity index (χ1) is 12.2. The molecule has 2 aromatic rings. The minimum Gasteiger partial charge on any atom is -0.497 e. The van der Waals surface area contributed by atoms with Crippen LogP contribution in [0.2, 0.25) is 0 Å². The Balaban J connectivity index is 1.47. The molecule has 1 aliphatic heterocycles. The molecule has 2 aromatic carbocycles. The standard InChI is InChI=1S/C20H23NO4/c1-21(12-19-11-15-5-3-4-6-16(15)13-24-19)20(22)14-25-18-9-7-17(23-2)8-10-18/h3-10,19H,11-14H2,1-2H3. The number of hydrogen-bond donors (Lipinski definition) is 0. The van der Waals surface area contributed by atoms with E-state index in [0.29, 0.717) is 18.9 Å². The molecule has 0 N–H and O–H groups in total. The van der Waals surface area contributed by atoms with Crippen molar-refractivity contribution in [2.45, 2.75) is 19.1 Å². The summed E-state index contributed by atoms with van der Waals surface area (Å²) in [6, 6.07) is 15.4. The van der Waals surface area contributed by atoms with Gasteiger partial charge in [-0.1, -0.05) is 24.3 Å². The van der Waals surface area contributed by atoms with E-state index in [2.05, 4.69) is 12.1 Å². The Kier molecular flexibility index (Phi) is 5.56. The molecule has 1 aliphatic rings. The fraction of sp³-hybridized carbons (Fsp3) is 0.350. The number of nitrogens with zero attached hydrogens (tertiary/aromatic N) is 1. The van der Waals surface area contributed by atoms with Crippen LogP contribution < -0.4 is 9.47 Å². The van der Waals surface area contributed by atoms with Crippen molar-refractivity contribution in [3.05, 3.63) is 59.7 Å². The SMILES string of the molecule is COc1ccc(OCC(=O)N(C)CC2Cc3ccccc3CO2)cc1. The van der Waals surface area contributed by atoms with Crippen molar-refractivity contribution >= 4 is 5.91 Å². The normalized spacial score (nSPS) is 16.0. The number of rotatable bonds is 6. The van der Waals surface area contributed by atoms with Gasteiger partial charge in [-0.2, -0.15) is 0 Å². The predicted molar refractivity (Wildman–Crippen MR) is 94.8 cm³/mol. The molecule has 132 valence electrons. The van der Waals surface area contributed by atoms with Crippen molar-refractivity contribution in [1.29, 1.82) is 0 Å². The second-order valence-corrected chi connectivity index (χ2v) is 6.14. The Morgan fingerprint density at radius 1 is 1.12 bits per heavy atom. The summed E-state index contributed by atoms with van der Waals surface area (Å²) in [5.41, 5.74) is 2.53. The number of methoxy groups -OCH3 is 1. The van der Waals surface area contributed by atoms with Gasteiger partial charge in [-0.3, -0.25) is 4.79 Å². The zero-order chi connectivity index (χ0) is 17.6. The smallest absolute Gasteiger partial charge is 0.260 e. The van der Waals surface area contributed by atoms with Crippen LogP contribution in [-0.4, -0.2) is 44.2 Å². The fourth-order valence-electron chi connectivity index (χ4n) is 2.86. The second-order valence-electron chi connectivity index (χ2n) is 6.14. The number of hydrogen-bond acceptors (Lipinski definition) is 4. The molecule has 5 nitrogen and oxygen atoms in total. The third-order valence-corrected chi connectivity index (χ3v) is 4.37. The molecule has 5 heteroatoms. The summed E-state index contributed by atoms with van der Waals surface area (Å²) in [5, 5.41) is 0. The van der Waals surface area contributed by atoms with Crippen molar-refractivity contribution in [2.24, 2.45) is 0 Å². The van der Waals surface area contributed by atoms with E-state index in [1.54, 1.807) is 43.3 Å². The maximum Gasteiger partial charge on any atom is 0.260 e. The third-order valence-electron chi connectivity index (χ3n) is 4.37. The summed E-state index contributed by atoms with van der Waals surface area (Å²) < 4.78 is 16.5. The molecule has 0 aliphatic carbocycles. The number of likely N-dealkylation sites (N-methyl/N-ethyl adjacent to an activating group) is 1. The van der Waals surface area contributed by atoms with Gasteiger partial charge in [-0.15, -0.1) is 0 Å². The number of carbonyl (C=O) groups is 1. The van der Waals surface area contributed by atoms with Crippen LogP contribution in [0.15, 0.2) is 48.5 Å². The zero-order valence-electron chi connectivity index (χ0n) is 14.6. The summed E-state index contributed by atoms with van der Waals surface area (Å²) >= 11 is 0. The van der Waals surface area contributed by atoms with Crippen LogP contribution in [0.3, 0.4) is 0 Å². The van der Waals surface area contributed by atoms with E-state index >= 15 is 0 Å². The zero-order valence-corrected chi connectivity index (χ0v) is 14.6. The second kappa shape index (κ2) is 8.03. The molecule has 1 heterocycles. The largest absolute Gasteiger partial charge is 0.497 e. The van der Waals surface area contributed by atoms with E-state index in [9.17, 15) is 4.79 Å². The lowest BCUT2D eigenvalue weighted by molar-refractivity contribution is -0.134. The van der Waals surface area contributed by atoms with Crippen molar-refractivity contribution in [3.63, 3.8) is 0 Å². The lowest BCUT2D eigenvalue weighted by Gasteiger charge is -2.29. The molecule has 0 aromatic heterocycles. The van der Waals surface area contributed by atoms with Gasteiger partial charge in [0.25, 0.3) is 5.91 Å². The highest BCUT2D eigenvalue weighted by molar-refractivity contribution is 5.77. The lowest BCUT2D eigenvalue weighted by Crippen LogP contribution is -2.40. The van der Waals surface area contributed by atoms with E-state index in [0.717, 1.165) is 12.2 Å². The monoisotopic (exact) mass is 341 g/mol. The van der Waals surface area contributed by atoms with Gasteiger partial charge in [0, 0.05) is 20.0 Å².